The minimum Gasteiger partial charge on any atom is -0.405 e. The van der Waals surface area contributed by atoms with E-state index in [1.165, 1.54) is 44.3 Å². The molecule has 0 atom stereocenters. The third-order valence-electron chi connectivity index (χ3n) is 7.66. The molecule has 0 radical (unpaired) electrons. The molecule has 6 rings (SSSR count). The number of hydrogen-bond donors (Lipinski definition) is 3. The Morgan fingerprint density at radius 2 is 1.73 bits per heavy atom. The van der Waals surface area contributed by atoms with Gasteiger partial charge in [0.1, 0.15) is 0 Å². The summed E-state index contributed by atoms with van der Waals surface area (Å²) in [5.41, 5.74) is 20.7. The van der Waals surface area contributed by atoms with Crippen LogP contribution < -0.4 is 16.8 Å². The topological polar surface area (TPSA) is 69.0 Å². The first kappa shape index (κ1) is 26.0. The van der Waals surface area contributed by atoms with Crippen molar-refractivity contribution in [2.75, 3.05) is 6.54 Å². The molecule has 2 heterocycles. The van der Waals surface area contributed by atoms with Gasteiger partial charge in [0.25, 0.3) is 0 Å². The summed E-state index contributed by atoms with van der Waals surface area (Å²) in [5.74, 6) is 0. The van der Waals surface area contributed by atoms with Gasteiger partial charge in [-0.05, 0) is 89.8 Å². The maximum atomic E-state index is 5.97. The molecule has 0 amide bonds. The van der Waals surface area contributed by atoms with Crippen LogP contribution in [0.4, 0.5) is 0 Å². The fourth-order valence-corrected chi connectivity index (χ4v) is 5.64. The number of nitrogens with one attached hydrogen (secondary N) is 1. The average Bonchev–Trinajstić information content (AvgIpc) is 3.37. The standard InChI is InChI=1S/C37H34N4/c1-26(22-27(25-39)10-4-3-8-20-38)28-14-18-33-34-19-15-29-23-30(35-13-7-9-21-40-35)16-17-32(29)37(34)41(36(33)24-28)31-11-5-2-6-12-31/h2-9,11-20,22-25,40H,10,21,38-39H2,1H3/b4-3-,20-8-,26-22+,27-25-. The number of allylic oxidation sites excluding steroid dienone is 8. The van der Waals surface area contributed by atoms with E-state index in [2.05, 4.69) is 126 Å². The molecule has 202 valence electrons. The highest BCUT2D eigenvalue weighted by Crippen LogP contribution is 2.38. The van der Waals surface area contributed by atoms with Gasteiger partial charge < -0.3 is 21.4 Å². The van der Waals surface area contributed by atoms with Gasteiger partial charge in [-0.3, -0.25) is 0 Å². The predicted octanol–water partition coefficient (Wildman–Crippen LogP) is 8.10. The monoisotopic (exact) mass is 534 g/mol. The summed E-state index contributed by atoms with van der Waals surface area (Å²) in [7, 11) is 0. The van der Waals surface area contributed by atoms with E-state index < -0.39 is 0 Å². The van der Waals surface area contributed by atoms with E-state index in [4.69, 9.17) is 11.5 Å². The molecule has 0 saturated heterocycles. The van der Waals surface area contributed by atoms with Gasteiger partial charge in [-0.1, -0.05) is 85.0 Å². The van der Waals surface area contributed by atoms with E-state index in [0.29, 0.717) is 0 Å². The fraction of sp³-hybridized carbons (Fsp3) is 0.0811. The summed E-state index contributed by atoms with van der Waals surface area (Å²) < 4.78 is 2.41. The van der Waals surface area contributed by atoms with Crippen LogP contribution in [0.2, 0.25) is 0 Å². The van der Waals surface area contributed by atoms with E-state index in [-0.39, 0.29) is 0 Å². The SMILES string of the molecule is C/C(=C\C(=C/N)C/C=C\C=C/N)c1ccc2c3ccc4cc(C5=CC=CCN5)ccc4c3n(-c3ccccc3)c2c1. The van der Waals surface area contributed by atoms with Crippen LogP contribution in [0.3, 0.4) is 0 Å². The molecule has 0 fully saturated rings. The zero-order chi connectivity index (χ0) is 28.2. The quantitative estimate of drug-likeness (QED) is 0.185. The highest BCUT2D eigenvalue weighted by atomic mass is 15.0. The van der Waals surface area contributed by atoms with E-state index >= 15 is 0 Å². The van der Waals surface area contributed by atoms with Crippen LogP contribution in [0.1, 0.15) is 24.5 Å². The first-order valence-electron chi connectivity index (χ1n) is 14.0. The molecule has 4 nitrogen and oxygen atoms in total. The molecule has 5 N–H and O–H groups in total. The van der Waals surface area contributed by atoms with Crippen molar-refractivity contribution in [3.05, 3.63) is 150 Å². The summed E-state index contributed by atoms with van der Waals surface area (Å²) in [4.78, 5) is 0. The fourth-order valence-electron chi connectivity index (χ4n) is 5.64. The molecular weight excluding hydrogens is 500 g/mol. The maximum absolute atomic E-state index is 5.97. The summed E-state index contributed by atoms with van der Waals surface area (Å²) >= 11 is 0. The van der Waals surface area contributed by atoms with Crippen molar-refractivity contribution in [1.29, 1.82) is 0 Å². The molecule has 41 heavy (non-hydrogen) atoms. The van der Waals surface area contributed by atoms with Crippen LogP contribution in [-0.4, -0.2) is 11.1 Å². The van der Waals surface area contributed by atoms with Crippen molar-refractivity contribution in [2.24, 2.45) is 11.5 Å². The number of hydrogen-bond acceptors (Lipinski definition) is 3. The van der Waals surface area contributed by atoms with Gasteiger partial charge in [-0.2, -0.15) is 0 Å². The smallest absolute Gasteiger partial charge is 0.0619 e. The van der Waals surface area contributed by atoms with Crippen molar-refractivity contribution in [3.8, 4) is 5.69 Å². The molecule has 0 aliphatic carbocycles. The number of fused-ring (bicyclic) bond motifs is 5. The molecule has 5 aromatic rings. The summed E-state index contributed by atoms with van der Waals surface area (Å²) in [6.45, 7) is 3.00. The Labute approximate surface area is 241 Å². The van der Waals surface area contributed by atoms with Crippen LogP contribution in [0.25, 0.3) is 49.5 Å². The highest BCUT2D eigenvalue weighted by Gasteiger charge is 2.16. The molecule has 1 aromatic heterocycles. The minimum absolute atomic E-state index is 0.737. The number of aromatic nitrogens is 1. The number of dihydropyridines is 1. The number of nitrogens with two attached hydrogens (primary N) is 2. The molecule has 4 heteroatoms. The van der Waals surface area contributed by atoms with Crippen molar-refractivity contribution in [1.82, 2.24) is 9.88 Å². The van der Waals surface area contributed by atoms with Crippen molar-refractivity contribution in [3.63, 3.8) is 0 Å². The summed E-state index contributed by atoms with van der Waals surface area (Å²) in [6.07, 6.45) is 18.3. The van der Waals surface area contributed by atoms with Gasteiger partial charge in [-0.15, -0.1) is 0 Å². The number of para-hydroxylation sites is 1. The Morgan fingerprint density at radius 1 is 0.902 bits per heavy atom. The first-order chi connectivity index (χ1) is 20.2. The van der Waals surface area contributed by atoms with Crippen molar-refractivity contribution >= 4 is 43.8 Å². The highest BCUT2D eigenvalue weighted by molar-refractivity contribution is 6.19. The van der Waals surface area contributed by atoms with Gasteiger partial charge in [0.2, 0.25) is 0 Å². The van der Waals surface area contributed by atoms with Crippen LogP contribution in [0.15, 0.2) is 139 Å². The summed E-state index contributed by atoms with van der Waals surface area (Å²) in [5, 5.41) is 8.43. The Kier molecular flexibility index (Phi) is 7.29. The largest absolute Gasteiger partial charge is 0.405 e. The number of benzene rings is 4. The van der Waals surface area contributed by atoms with E-state index in [9.17, 15) is 0 Å². The molecule has 0 unspecified atom stereocenters. The van der Waals surface area contributed by atoms with E-state index in [0.717, 1.165) is 41.1 Å². The lowest BCUT2D eigenvalue weighted by atomic mass is 10.00. The Balaban J connectivity index is 1.53. The van der Waals surface area contributed by atoms with Crippen molar-refractivity contribution < 1.29 is 0 Å². The molecule has 0 saturated carbocycles. The average molecular weight is 535 g/mol. The normalized spacial score (nSPS) is 14.5. The second kappa shape index (κ2) is 11.5. The van der Waals surface area contributed by atoms with Gasteiger partial charge >= 0.3 is 0 Å². The van der Waals surface area contributed by atoms with Crippen molar-refractivity contribution in [2.45, 2.75) is 13.3 Å². The Hall–Kier alpha value is -5.22. The molecule has 1 aliphatic rings. The third kappa shape index (κ3) is 5.08. The molecular formula is C37H34N4. The van der Waals surface area contributed by atoms with E-state index in [1.54, 1.807) is 6.20 Å². The second-order valence-corrected chi connectivity index (χ2v) is 10.3. The van der Waals surface area contributed by atoms with Crippen LogP contribution in [0.5, 0.6) is 0 Å². The van der Waals surface area contributed by atoms with Gasteiger partial charge in [0.15, 0.2) is 0 Å². The molecule has 0 spiro atoms. The van der Waals surface area contributed by atoms with Gasteiger partial charge in [0.05, 0.1) is 11.0 Å². The molecule has 4 aromatic carbocycles. The minimum atomic E-state index is 0.737. The molecule has 1 aliphatic heterocycles. The lowest BCUT2D eigenvalue weighted by Gasteiger charge is -2.14. The zero-order valence-corrected chi connectivity index (χ0v) is 23.2. The second-order valence-electron chi connectivity index (χ2n) is 10.3. The maximum Gasteiger partial charge on any atom is 0.0619 e. The zero-order valence-electron chi connectivity index (χ0n) is 23.2. The predicted molar refractivity (Wildman–Crippen MR) is 176 cm³/mol. The third-order valence-corrected chi connectivity index (χ3v) is 7.66. The van der Waals surface area contributed by atoms with Gasteiger partial charge in [0, 0.05) is 34.1 Å². The van der Waals surface area contributed by atoms with E-state index in [1.807, 2.05) is 12.2 Å². The summed E-state index contributed by atoms with van der Waals surface area (Å²) in [6, 6.07) is 28.7. The first-order valence-corrected chi connectivity index (χ1v) is 14.0. The van der Waals surface area contributed by atoms with Crippen LogP contribution in [0, 0.1) is 0 Å². The van der Waals surface area contributed by atoms with Gasteiger partial charge in [-0.25, -0.2) is 0 Å². The Bertz CT molecular complexity index is 1930. The lowest BCUT2D eigenvalue weighted by Crippen LogP contribution is -2.14. The number of rotatable bonds is 7. The lowest BCUT2D eigenvalue weighted by molar-refractivity contribution is 0.996. The molecule has 0 bridgehead atoms. The van der Waals surface area contributed by atoms with Crippen LogP contribution in [-0.2, 0) is 0 Å². The number of nitrogens with zero attached hydrogens (tertiary/aromatic N) is 1. The Morgan fingerprint density at radius 3 is 2.51 bits per heavy atom. The van der Waals surface area contributed by atoms with Crippen LogP contribution >= 0.6 is 0 Å².